The molecule has 0 radical (unpaired) electrons. The molecule has 0 spiro atoms. The quantitative estimate of drug-likeness (QED) is 0.348. The summed E-state index contributed by atoms with van der Waals surface area (Å²) < 4.78 is 7.02. The molecule has 0 atom stereocenters. The number of halogens is 2. The normalized spacial score (nSPS) is 11.0. The van der Waals surface area contributed by atoms with Crippen molar-refractivity contribution in [3.05, 3.63) is 79.3 Å². The van der Waals surface area contributed by atoms with Crippen LogP contribution in [-0.2, 0) is 6.54 Å². The number of nitrogens with one attached hydrogen (secondary N) is 1. The molecular weight excluding hydrogens is 442 g/mol. The molecule has 0 aliphatic rings. The predicted molar refractivity (Wildman–Crippen MR) is 101 cm³/mol. The van der Waals surface area contributed by atoms with Crippen molar-refractivity contribution in [1.29, 1.82) is 0 Å². The number of nitrogens with zero attached hydrogens (tertiary/aromatic N) is 4. The number of hydrazone groups is 1. The van der Waals surface area contributed by atoms with Crippen molar-refractivity contribution in [2.24, 2.45) is 5.10 Å². The summed E-state index contributed by atoms with van der Waals surface area (Å²) in [6.07, 6.45) is 2.91. The Hall–Kier alpha value is -2.98. The SMILES string of the molecule is O=C(NN=Cc1cccc(Cl)c1)c1ccc(Cn2cc(Br)c([N+](=O)[O-])n2)o1. The van der Waals surface area contributed by atoms with E-state index in [9.17, 15) is 14.9 Å². The Morgan fingerprint density at radius 1 is 1.44 bits per heavy atom. The van der Waals surface area contributed by atoms with E-state index in [0.717, 1.165) is 5.56 Å². The first-order chi connectivity index (χ1) is 12.9. The lowest BCUT2D eigenvalue weighted by molar-refractivity contribution is -0.390. The van der Waals surface area contributed by atoms with Crippen LogP contribution in [0.3, 0.4) is 0 Å². The van der Waals surface area contributed by atoms with Gasteiger partial charge < -0.3 is 14.5 Å². The number of rotatable bonds is 6. The molecule has 0 aliphatic carbocycles. The molecular formula is C16H11BrClN5O4. The van der Waals surface area contributed by atoms with E-state index in [4.69, 9.17) is 16.0 Å². The molecule has 1 amide bonds. The van der Waals surface area contributed by atoms with Crippen molar-refractivity contribution >= 4 is 45.5 Å². The van der Waals surface area contributed by atoms with Gasteiger partial charge in [-0.3, -0.25) is 4.79 Å². The first-order valence-electron chi connectivity index (χ1n) is 7.47. The lowest BCUT2D eigenvalue weighted by Crippen LogP contribution is -2.16. The fraction of sp³-hybridized carbons (Fsp3) is 0.0625. The Balaban J connectivity index is 1.62. The monoisotopic (exact) mass is 451 g/mol. The zero-order valence-corrected chi connectivity index (χ0v) is 15.8. The molecule has 2 heterocycles. The van der Waals surface area contributed by atoms with Crippen LogP contribution in [-0.4, -0.2) is 26.8 Å². The predicted octanol–water partition coefficient (Wildman–Crippen LogP) is 3.61. The van der Waals surface area contributed by atoms with Crippen LogP contribution in [0.1, 0.15) is 21.9 Å². The third kappa shape index (κ3) is 4.80. The van der Waals surface area contributed by atoms with Gasteiger partial charge in [0.2, 0.25) is 0 Å². The summed E-state index contributed by atoms with van der Waals surface area (Å²) in [4.78, 5) is 22.3. The van der Waals surface area contributed by atoms with E-state index < -0.39 is 10.8 Å². The molecule has 27 heavy (non-hydrogen) atoms. The molecule has 0 unspecified atom stereocenters. The highest BCUT2D eigenvalue weighted by atomic mass is 79.9. The standard InChI is InChI=1S/C16H11BrClN5O4/c17-13-9-22(21-15(13)23(25)26)8-12-4-5-14(27-12)16(24)20-19-7-10-2-1-3-11(18)6-10/h1-7,9H,8H2,(H,20,24). The number of hydrogen-bond donors (Lipinski definition) is 1. The molecule has 9 nitrogen and oxygen atoms in total. The Morgan fingerprint density at radius 3 is 2.96 bits per heavy atom. The topological polar surface area (TPSA) is 116 Å². The van der Waals surface area contributed by atoms with Crippen LogP contribution in [0.2, 0.25) is 5.02 Å². The summed E-state index contributed by atoms with van der Waals surface area (Å²) in [7, 11) is 0. The van der Waals surface area contributed by atoms with Crippen molar-refractivity contribution in [1.82, 2.24) is 15.2 Å². The molecule has 1 N–H and O–H groups in total. The van der Waals surface area contributed by atoms with Crippen molar-refractivity contribution in [3.8, 4) is 0 Å². The van der Waals surface area contributed by atoms with Crippen LogP contribution >= 0.6 is 27.5 Å². The molecule has 3 aromatic rings. The van der Waals surface area contributed by atoms with Crippen LogP contribution in [0, 0.1) is 10.1 Å². The van der Waals surface area contributed by atoms with Crippen LogP contribution in [0.25, 0.3) is 0 Å². The van der Waals surface area contributed by atoms with Crippen LogP contribution in [0.4, 0.5) is 5.82 Å². The highest BCUT2D eigenvalue weighted by Gasteiger charge is 2.19. The summed E-state index contributed by atoms with van der Waals surface area (Å²) in [6.45, 7) is 0.130. The Morgan fingerprint density at radius 2 is 2.26 bits per heavy atom. The molecule has 2 aromatic heterocycles. The minimum atomic E-state index is -0.598. The third-order valence-electron chi connectivity index (χ3n) is 3.30. The second-order valence-corrected chi connectivity index (χ2v) is 6.57. The Labute approximate surface area is 165 Å². The van der Waals surface area contributed by atoms with Gasteiger partial charge in [0.05, 0.1) is 17.5 Å². The molecule has 1 aromatic carbocycles. The van der Waals surface area contributed by atoms with Gasteiger partial charge in [-0.2, -0.15) is 9.78 Å². The second kappa shape index (κ2) is 8.14. The van der Waals surface area contributed by atoms with E-state index >= 15 is 0 Å². The zero-order chi connectivity index (χ0) is 19.4. The van der Waals surface area contributed by atoms with Gasteiger partial charge in [-0.05, 0) is 50.7 Å². The summed E-state index contributed by atoms with van der Waals surface area (Å²) in [5.41, 5.74) is 3.08. The summed E-state index contributed by atoms with van der Waals surface area (Å²) in [5, 5.41) is 19.0. The van der Waals surface area contributed by atoms with Crippen LogP contribution in [0.15, 0.2) is 56.6 Å². The summed E-state index contributed by atoms with van der Waals surface area (Å²) >= 11 is 8.94. The maximum Gasteiger partial charge on any atom is 0.404 e. The van der Waals surface area contributed by atoms with E-state index in [0.29, 0.717) is 10.8 Å². The van der Waals surface area contributed by atoms with Gasteiger partial charge in [0.1, 0.15) is 16.8 Å². The number of furan rings is 1. The van der Waals surface area contributed by atoms with E-state index in [1.807, 2.05) is 0 Å². The average Bonchev–Trinajstić information content (AvgIpc) is 3.22. The van der Waals surface area contributed by atoms with Gasteiger partial charge in [-0.15, -0.1) is 0 Å². The Kier molecular flexibility index (Phi) is 5.67. The van der Waals surface area contributed by atoms with Gasteiger partial charge in [0.15, 0.2) is 5.76 Å². The molecule has 0 aliphatic heterocycles. The Bertz CT molecular complexity index is 1030. The highest BCUT2D eigenvalue weighted by Crippen LogP contribution is 2.22. The summed E-state index contributed by atoms with van der Waals surface area (Å²) in [5.74, 6) is -0.375. The first kappa shape index (κ1) is 18.8. The number of nitro groups is 1. The van der Waals surface area contributed by atoms with Crippen molar-refractivity contribution in [2.75, 3.05) is 0 Å². The van der Waals surface area contributed by atoms with Crippen molar-refractivity contribution in [3.63, 3.8) is 0 Å². The minimum absolute atomic E-state index is 0.0500. The van der Waals surface area contributed by atoms with Gasteiger partial charge >= 0.3 is 11.7 Å². The van der Waals surface area contributed by atoms with Crippen molar-refractivity contribution < 1.29 is 14.1 Å². The van der Waals surface area contributed by atoms with E-state index in [2.05, 4.69) is 31.6 Å². The number of benzene rings is 1. The first-order valence-corrected chi connectivity index (χ1v) is 8.64. The molecule has 0 saturated carbocycles. The number of carbonyl (C=O) groups is 1. The van der Waals surface area contributed by atoms with Crippen LogP contribution in [0.5, 0.6) is 0 Å². The molecule has 0 fully saturated rings. The maximum atomic E-state index is 12.1. The van der Waals surface area contributed by atoms with Crippen LogP contribution < -0.4 is 5.43 Å². The summed E-state index contributed by atoms with van der Waals surface area (Å²) in [6, 6.07) is 10.0. The maximum absolute atomic E-state index is 12.1. The number of aromatic nitrogens is 2. The number of carbonyl (C=O) groups excluding carboxylic acids is 1. The molecule has 0 bridgehead atoms. The van der Waals surface area contributed by atoms with Gasteiger partial charge in [-0.1, -0.05) is 23.7 Å². The van der Waals surface area contributed by atoms with E-state index in [1.54, 1.807) is 30.3 Å². The number of hydrogen-bond acceptors (Lipinski definition) is 6. The molecule has 3 rings (SSSR count). The molecule has 0 saturated heterocycles. The smallest absolute Gasteiger partial charge is 0.404 e. The lowest BCUT2D eigenvalue weighted by atomic mass is 10.2. The van der Waals surface area contributed by atoms with E-state index in [1.165, 1.54) is 23.2 Å². The highest BCUT2D eigenvalue weighted by molar-refractivity contribution is 9.10. The fourth-order valence-electron chi connectivity index (χ4n) is 2.14. The van der Waals surface area contributed by atoms with Gasteiger partial charge in [0.25, 0.3) is 0 Å². The van der Waals surface area contributed by atoms with Gasteiger partial charge in [0, 0.05) is 5.02 Å². The van der Waals surface area contributed by atoms with E-state index in [-0.39, 0.29) is 22.6 Å². The number of amides is 1. The minimum Gasteiger partial charge on any atom is -0.454 e. The fourth-order valence-corrected chi connectivity index (χ4v) is 2.80. The molecule has 138 valence electrons. The van der Waals surface area contributed by atoms with Gasteiger partial charge in [-0.25, -0.2) is 5.43 Å². The average molecular weight is 453 g/mol. The second-order valence-electron chi connectivity index (χ2n) is 5.28. The van der Waals surface area contributed by atoms with Crippen molar-refractivity contribution in [2.45, 2.75) is 6.54 Å². The lowest BCUT2D eigenvalue weighted by Gasteiger charge is -1.97. The largest absolute Gasteiger partial charge is 0.454 e. The zero-order valence-electron chi connectivity index (χ0n) is 13.5. The molecule has 11 heteroatoms. The third-order valence-corrected chi connectivity index (χ3v) is 4.10.